The minimum atomic E-state index is -0.753. The summed E-state index contributed by atoms with van der Waals surface area (Å²) in [5.41, 5.74) is 2.53. The number of hydrogen-bond donors (Lipinski definition) is 0. The standard InChI is InChI=1S/C29H30N4O6S/c1-4-38-22-11-8-19(9-12-22)26-25(28(35)39-5-2)18(3)30-29-32(26)27(34)24(40-29)17-20-16-21(33(36)37)10-13-23(20)31-14-6-7-15-31/h8-13,16-17,26H,4-7,14-15H2,1-3H3/b24-17-/t26-/m1/s1. The van der Waals surface area contributed by atoms with Crippen LogP contribution in [-0.2, 0) is 9.53 Å². The van der Waals surface area contributed by atoms with Crippen LogP contribution in [0.25, 0.3) is 6.08 Å². The summed E-state index contributed by atoms with van der Waals surface area (Å²) in [7, 11) is 0. The molecule has 1 aromatic heterocycles. The number of allylic oxidation sites excluding steroid dienone is 1. The Kier molecular flexibility index (Phi) is 7.83. The third kappa shape index (κ3) is 5.16. The molecule has 3 aromatic rings. The highest BCUT2D eigenvalue weighted by Gasteiger charge is 2.33. The van der Waals surface area contributed by atoms with Gasteiger partial charge in [0.1, 0.15) is 5.75 Å². The van der Waals surface area contributed by atoms with Crippen molar-refractivity contribution in [2.45, 2.75) is 39.7 Å². The highest BCUT2D eigenvalue weighted by Crippen LogP contribution is 2.32. The summed E-state index contributed by atoms with van der Waals surface area (Å²) in [5.74, 6) is 0.143. The van der Waals surface area contributed by atoms with E-state index >= 15 is 0 Å². The van der Waals surface area contributed by atoms with Crippen molar-refractivity contribution in [2.75, 3.05) is 31.2 Å². The van der Waals surface area contributed by atoms with Gasteiger partial charge in [0.25, 0.3) is 11.2 Å². The lowest BCUT2D eigenvalue weighted by Gasteiger charge is -2.24. The third-order valence-electron chi connectivity index (χ3n) is 6.98. The number of carbonyl (C=O) groups is 1. The van der Waals surface area contributed by atoms with E-state index in [2.05, 4.69) is 9.89 Å². The zero-order valence-electron chi connectivity index (χ0n) is 22.6. The van der Waals surface area contributed by atoms with Gasteiger partial charge >= 0.3 is 5.97 Å². The monoisotopic (exact) mass is 562 g/mol. The summed E-state index contributed by atoms with van der Waals surface area (Å²) in [6.07, 6.45) is 3.77. The number of nitrogens with zero attached hydrogens (tertiary/aromatic N) is 4. The minimum absolute atomic E-state index is 0.0466. The van der Waals surface area contributed by atoms with Crippen molar-refractivity contribution in [3.8, 4) is 5.75 Å². The molecule has 0 radical (unpaired) electrons. The van der Waals surface area contributed by atoms with Gasteiger partial charge in [-0.15, -0.1) is 0 Å². The second-order valence-corrected chi connectivity index (χ2v) is 10.5. The minimum Gasteiger partial charge on any atom is -0.494 e. The van der Waals surface area contributed by atoms with Crippen LogP contribution >= 0.6 is 11.3 Å². The number of esters is 1. The molecule has 11 heteroatoms. The molecule has 1 saturated heterocycles. The van der Waals surface area contributed by atoms with Crippen molar-refractivity contribution in [3.05, 3.63) is 94.7 Å². The van der Waals surface area contributed by atoms with Crippen molar-refractivity contribution < 1.29 is 19.2 Å². The fourth-order valence-electron chi connectivity index (χ4n) is 5.18. The van der Waals surface area contributed by atoms with Gasteiger partial charge in [-0.3, -0.25) is 19.5 Å². The molecule has 208 valence electrons. The highest BCUT2D eigenvalue weighted by atomic mass is 32.1. The van der Waals surface area contributed by atoms with Crippen LogP contribution in [0, 0.1) is 10.1 Å². The van der Waals surface area contributed by atoms with E-state index in [0.717, 1.165) is 31.6 Å². The van der Waals surface area contributed by atoms with E-state index < -0.39 is 16.9 Å². The van der Waals surface area contributed by atoms with Crippen molar-refractivity contribution in [1.29, 1.82) is 0 Å². The second kappa shape index (κ2) is 11.5. The molecular weight excluding hydrogens is 532 g/mol. The Morgan fingerprint density at radius 1 is 1.15 bits per heavy atom. The molecule has 1 fully saturated rings. The van der Waals surface area contributed by atoms with Gasteiger partial charge in [0.05, 0.1) is 40.0 Å². The third-order valence-corrected chi connectivity index (χ3v) is 7.96. The fourth-order valence-corrected chi connectivity index (χ4v) is 6.22. The number of anilines is 1. The van der Waals surface area contributed by atoms with E-state index in [0.29, 0.717) is 38.5 Å². The molecule has 2 aliphatic heterocycles. The van der Waals surface area contributed by atoms with Crippen LogP contribution in [0.15, 0.2) is 63.5 Å². The van der Waals surface area contributed by atoms with Gasteiger partial charge < -0.3 is 14.4 Å². The number of ether oxygens (including phenoxy) is 2. The maximum absolute atomic E-state index is 14.0. The van der Waals surface area contributed by atoms with E-state index in [1.165, 1.54) is 28.0 Å². The van der Waals surface area contributed by atoms with Gasteiger partial charge in [0.15, 0.2) is 4.80 Å². The number of nitro benzene ring substituents is 1. The van der Waals surface area contributed by atoms with Crippen LogP contribution in [0.1, 0.15) is 50.8 Å². The van der Waals surface area contributed by atoms with E-state index in [9.17, 15) is 19.7 Å². The first-order valence-electron chi connectivity index (χ1n) is 13.3. The lowest BCUT2D eigenvalue weighted by atomic mass is 9.96. The van der Waals surface area contributed by atoms with Crippen molar-refractivity contribution in [2.24, 2.45) is 4.99 Å². The molecule has 0 amide bonds. The highest BCUT2D eigenvalue weighted by molar-refractivity contribution is 7.07. The summed E-state index contributed by atoms with van der Waals surface area (Å²) in [4.78, 5) is 45.5. The fraction of sp³-hybridized carbons (Fsp3) is 0.345. The van der Waals surface area contributed by atoms with Gasteiger partial charge in [0.2, 0.25) is 0 Å². The number of nitro groups is 1. The number of hydrogen-bond acceptors (Lipinski definition) is 9. The Hall–Kier alpha value is -4.25. The first kappa shape index (κ1) is 27.3. The largest absolute Gasteiger partial charge is 0.494 e. The predicted octanol–water partition coefficient (Wildman–Crippen LogP) is 3.71. The van der Waals surface area contributed by atoms with Gasteiger partial charge in [-0.1, -0.05) is 23.5 Å². The topological polar surface area (TPSA) is 116 Å². The molecule has 1 atom stereocenters. The Labute approximate surface area is 234 Å². The van der Waals surface area contributed by atoms with Crippen LogP contribution in [0.2, 0.25) is 0 Å². The summed E-state index contributed by atoms with van der Waals surface area (Å²) in [5, 5.41) is 11.6. The lowest BCUT2D eigenvalue weighted by Crippen LogP contribution is -2.40. The average Bonchev–Trinajstić information content (AvgIpc) is 3.57. The first-order valence-corrected chi connectivity index (χ1v) is 14.1. The Bertz CT molecular complexity index is 1670. The molecule has 0 unspecified atom stereocenters. The zero-order valence-corrected chi connectivity index (χ0v) is 23.4. The molecule has 2 aliphatic rings. The molecule has 0 aliphatic carbocycles. The molecule has 40 heavy (non-hydrogen) atoms. The molecule has 5 rings (SSSR count). The summed E-state index contributed by atoms with van der Waals surface area (Å²) in [6, 6.07) is 11.3. The van der Waals surface area contributed by atoms with Gasteiger partial charge in [-0.05, 0) is 63.5 Å². The van der Waals surface area contributed by atoms with Crippen LogP contribution in [0.3, 0.4) is 0 Å². The summed E-state index contributed by atoms with van der Waals surface area (Å²) < 4.78 is 12.8. The number of rotatable bonds is 8. The lowest BCUT2D eigenvalue weighted by molar-refractivity contribution is -0.384. The van der Waals surface area contributed by atoms with Crippen LogP contribution < -0.4 is 24.5 Å². The maximum atomic E-state index is 14.0. The molecular formula is C29H30N4O6S. The van der Waals surface area contributed by atoms with E-state index in [4.69, 9.17) is 9.47 Å². The van der Waals surface area contributed by atoms with Gasteiger partial charge in [-0.25, -0.2) is 9.79 Å². The van der Waals surface area contributed by atoms with Gasteiger partial charge in [-0.2, -0.15) is 0 Å². The van der Waals surface area contributed by atoms with E-state index in [1.807, 2.05) is 19.1 Å². The Balaban J connectivity index is 1.70. The number of fused-ring (bicyclic) bond motifs is 1. The van der Waals surface area contributed by atoms with Crippen molar-refractivity contribution in [1.82, 2.24) is 4.57 Å². The molecule has 2 aromatic carbocycles. The first-order chi connectivity index (χ1) is 19.3. The SMILES string of the molecule is CCOC(=O)C1=C(C)N=c2s/c(=C\c3cc([N+](=O)[O-])ccc3N3CCCC3)c(=O)n2[C@@H]1c1ccc(OCC)cc1. The van der Waals surface area contributed by atoms with Crippen LogP contribution in [-0.4, -0.2) is 41.8 Å². The smallest absolute Gasteiger partial charge is 0.338 e. The molecule has 3 heterocycles. The number of non-ortho nitro benzene ring substituents is 1. The number of thiazole rings is 1. The second-order valence-electron chi connectivity index (χ2n) is 9.50. The number of benzene rings is 2. The van der Waals surface area contributed by atoms with Crippen molar-refractivity contribution in [3.63, 3.8) is 0 Å². The van der Waals surface area contributed by atoms with Gasteiger partial charge in [0, 0.05) is 36.5 Å². The molecule has 0 saturated carbocycles. The van der Waals surface area contributed by atoms with E-state index in [1.54, 1.807) is 38.1 Å². The molecule has 0 spiro atoms. The quantitative estimate of drug-likeness (QED) is 0.233. The number of aromatic nitrogens is 1. The molecule has 10 nitrogen and oxygen atoms in total. The van der Waals surface area contributed by atoms with E-state index in [-0.39, 0.29) is 23.4 Å². The summed E-state index contributed by atoms with van der Waals surface area (Å²) in [6.45, 7) is 7.75. The Morgan fingerprint density at radius 2 is 1.88 bits per heavy atom. The maximum Gasteiger partial charge on any atom is 0.338 e. The number of carbonyl (C=O) groups excluding carboxylic acids is 1. The van der Waals surface area contributed by atoms with Crippen LogP contribution in [0.4, 0.5) is 11.4 Å². The molecule has 0 N–H and O–H groups in total. The zero-order chi connectivity index (χ0) is 28.4. The predicted molar refractivity (Wildman–Crippen MR) is 153 cm³/mol. The van der Waals surface area contributed by atoms with Crippen LogP contribution in [0.5, 0.6) is 5.75 Å². The van der Waals surface area contributed by atoms with Crippen molar-refractivity contribution >= 4 is 34.8 Å². The Morgan fingerprint density at radius 3 is 2.52 bits per heavy atom. The summed E-state index contributed by atoms with van der Waals surface area (Å²) >= 11 is 1.19. The average molecular weight is 563 g/mol. The normalized spacial score (nSPS) is 17.0. The molecule has 0 bridgehead atoms.